The summed E-state index contributed by atoms with van der Waals surface area (Å²) in [4.78, 5) is 1.95. The molecule has 7 aromatic rings. The molecule has 0 unspecified atom stereocenters. The van der Waals surface area contributed by atoms with Gasteiger partial charge in [0.2, 0.25) is 0 Å². The van der Waals surface area contributed by atoms with Crippen molar-refractivity contribution in [2.75, 3.05) is 4.90 Å². The maximum atomic E-state index is 9.00. The Hall–Kier alpha value is -5.08. The lowest BCUT2D eigenvalue weighted by Crippen LogP contribution is -2.42. The number of benzene rings is 6. The highest BCUT2D eigenvalue weighted by Crippen LogP contribution is 2.61. The smallest absolute Gasteiger partial charge is 0.0541 e. The van der Waals surface area contributed by atoms with E-state index in [0.29, 0.717) is 11.4 Å². The zero-order chi connectivity index (χ0) is 47.6. The third-order valence-corrected chi connectivity index (χ3v) is 9.31. The number of para-hydroxylation sites is 4. The first-order valence-corrected chi connectivity index (χ1v) is 15.3. The molecule has 2 heteroatoms. The molecule has 0 fully saturated rings. The van der Waals surface area contributed by atoms with E-state index in [1.165, 1.54) is 6.07 Å². The lowest BCUT2D eigenvalue weighted by Gasteiger charge is -2.44. The molecule has 1 aromatic heterocycles. The average molecular weight is 629 g/mol. The monoisotopic (exact) mass is 628 g/mol. The lowest BCUT2D eigenvalue weighted by molar-refractivity contribution is 0.125. The first-order chi connectivity index (χ1) is 30.1. The van der Waals surface area contributed by atoms with Gasteiger partial charge in [0.1, 0.15) is 0 Å². The van der Waals surface area contributed by atoms with Crippen LogP contribution in [-0.2, 0) is 10.8 Å². The van der Waals surface area contributed by atoms with Gasteiger partial charge in [-0.1, -0.05) is 132 Å². The van der Waals surface area contributed by atoms with Crippen molar-refractivity contribution in [1.29, 1.82) is 0 Å². The Morgan fingerprint density at radius 1 is 0.468 bits per heavy atom. The van der Waals surface area contributed by atoms with Gasteiger partial charge in [0.15, 0.2) is 0 Å². The summed E-state index contributed by atoms with van der Waals surface area (Å²) in [7, 11) is 0. The molecule has 0 saturated carbocycles. The maximum absolute atomic E-state index is 9.00. The Morgan fingerprint density at radius 2 is 1.02 bits per heavy atom. The van der Waals surface area contributed by atoms with Gasteiger partial charge in [0, 0.05) is 58.2 Å². The topological polar surface area (TPSA) is 8.17 Å². The van der Waals surface area contributed by atoms with Crippen LogP contribution >= 0.6 is 0 Å². The number of anilines is 3. The third kappa shape index (κ3) is 4.31. The highest BCUT2D eigenvalue weighted by Gasteiger charge is 2.56. The lowest BCUT2D eigenvalue weighted by atomic mass is 9.59. The van der Waals surface area contributed by atoms with Crippen LogP contribution in [0.5, 0.6) is 0 Å². The fraction of sp³-hybridized carbons (Fsp3) is 0.200. The summed E-state index contributed by atoms with van der Waals surface area (Å²) in [6.45, 7) is -25.4. The molecule has 0 amide bonds. The van der Waals surface area contributed by atoms with Crippen LogP contribution in [0.25, 0.3) is 38.6 Å². The molecule has 1 heterocycles. The molecule has 232 valence electrons. The number of fused-ring (bicyclic) bond motifs is 4. The molecule has 0 spiro atoms. The summed E-state index contributed by atoms with van der Waals surface area (Å²) in [5, 5.41) is 1.85. The first-order valence-electron chi connectivity index (χ1n) is 24.3. The molecule has 1 aliphatic rings. The van der Waals surface area contributed by atoms with Crippen molar-refractivity contribution in [3.63, 3.8) is 0 Å². The van der Waals surface area contributed by atoms with E-state index in [9.17, 15) is 0 Å². The largest absolute Gasteiger partial charge is 0.310 e. The summed E-state index contributed by atoms with van der Waals surface area (Å²) in [6, 6.07) is 42.7. The number of rotatable bonds is 5. The van der Waals surface area contributed by atoms with Gasteiger partial charge in [0.05, 0.1) is 11.0 Å². The van der Waals surface area contributed by atoms with E-state index in [1.54, 1.807) is 12.1 Å². The van der Waals surface area contributed by atoms with Crippen molar-refractivity contribution in [3.05, 3.63) is 157 Å². The van der Waals surface area contributed by atoms with Crippen LogP contribution in [0.15, 0.2) is 146 Å². The van der Waals surface area contributed by atoms with E-state index in [0.717, 1.165) is 45.3 Å². The number of hydrogen-bond acceptors (Lipinski definition) is 1. The Labute approximate surface area is 304 Å². The average Bonchev–Trinajstić information content (AvgIpc) is 3.70. The van der Waals surface area contributed by atoms with Crippen molar-refractivity contribution < 1.29 is 24.7 Å². The van der Waals surface area contributed by atoms with Crippen molar-refractivity contribution in [3.8, 4) is 16.8 Å². The van der Waals surface area contributed by atoms with E-state index in [-0.39, 0.29) is 11.1 Å². The van der Waals surface area contributed by atoms with Gasteiger partial charge in [0.25, 0.3) is 0 Å². The zero-order valence-electron chi connectivity index (χ0n) is 43.3. The molecule has 6 aromatic carbocycles. The normalized spacial score (nSPS) is 23.2. The second-order valence-corrected chi connectivity index (χ2v) is 12.1. The molecule has 47 heavy (non-hydrogen) atoms. The minimum atomic E-state index is -4.50. The van der Waals surface area contributed by atoms with E-state index < -0.39 is 68.5 Å². The SMILES string of the molecule is [2H]C([2H])([2H])C1(C([2H])([2H])[2H])c2ccc(-c3cc(N(c4ccccc4)c4ccccc4)cc(-n4c5ccccc5c5ccccc54)c3)cc2C(C([2H])([2H])[2H])(C([2H])([2H])[2H])C1(C([2H])([2H])[2H])C([2H])([2H])[2H]. The second-order valence-electron chi connectivity index (χ2n) is 12.1. The molecular weight excluding hydrogens is 569 g/mol. The summed E-state index contributed by atoms with van der Waals surface area (Å²) in [6.07, 6.45) is 0. The molecule has 0 N–H and O–H groups in total. The van der Waals surface area contributed by atoms with E-state index in [1.807, 2.05) is 125 Å². The molecule has 0 saturated heterocycles. The summed E-state index contributed by atoms with van der Waals surface area (Å²) < 4.78 is 163. The minimum Gasteiger partial charge on any atom is -0.310 e. The van der Waals surface area contributed by atoms with Crippen LogP contribution in [0, 0.1) is 5.41 Å². The molecule has 0 radical (unpaired) electrons. The number of aromatic nitrogens is 1. The molecule has 2 nitrogen and oxygen atoms in total. The van der Waals surface area contributed by atoms with Gasteiger partial charge in [-0.3, -0.25) is 0 Å². The summed E-state index contributed by atoms with van der Waals surface area (Å²) in [5.41, 5.74) is -10.4. The minimum absolute atomic E-state index is 0.0171. The van der Waals surface area contributed by atoms with Crippen LogP contribution in [0.4, 0.5) is 17.1 Å². The van der Waals surface area contributed by atoms with Gasteiger partial charge in [-0.25, -0.2) is 0 Å². The van der Waals surface area contributed by atoms with Crippen LogP contribution in [0.1, 0.15) is 76.9 Å². The highest BCUT2D eigenvalue weighted by atomic mass is 15.1. The Bertz CT molecular complexity index is 2780. The molecule has 0 aliphatic heterocycles. The van der Waals surface area contributed by atoms with Gasteiger partial charge in [-0.15, -0.1) is 0 Å². The Morgan fingerprint density at radius 3 is 1.60 bits per heavy atom. The molecule has 1 aliphatic carbocycles. The highest BCUT2D eigenvalue weighted by molar-refractivity contribution is 6.09. The fourth-order valence-corrected chi connectivity index (χ4v) is 6.87. The fourth-order valence-electron chi connectivity index (χ4n) is 6.87. The van der Waals surface area contributed by atoms with E-state index in [2.05, 4.69) is 0 Å². The molecule has 0 bridgehead atoms. The van der Waals surface area contributed by atoms with Crippen LogP contribution in [0.3, 0.4) is 0 Å². The second kappa shape index (κ2) is 10.5. The van der Waals surface area contributed by atoms with Crippen molar-refractivity contribution in [2.45, 2.75) is 51.9 Å². The Kier molecular flexibility index (Phi) is 3.49. The number of nitrogens with zero attached hydrogens (tertiary/aromatic N) is 2. The molecule has 0 atom stereocenters. The third-order valence-electron chi connectivity index (χ3n) is 9.31. The quantitative estimate of drug-likeness (QED) is 0.184. The van der Waals surface area contributed by atoms with Gasteiger partial charge in [-0.2, -0.15) is 0 Å². The van der Waals surface area contributed by atoms with Crippen molar-refractivity contribution >= 4 is 38.9 Å². The predicted molar refractivity (Wildman–Crippen MR) is 201 cm³/mol. The van der Waals surface area contributed by atoms with Crippen LogP contribution in [-0.4, -0.2) is 4.57 Å². The van der Waals surface area contributed by atoms with Gasteiger partial charge in [-0.05, 0) is 93.1 Å². The van der Waals surface area contributed by atoms with Crippen molar-refractivity contribution in [1.82, 2.24) is 4.57 Å². The van der Waals surface area contributed by atoms with E-state index >= 15 is 0 Å². The zero-order valence-corrected chi connectivity index (χ0v) is 25.3. The number of hydrogen-bond donors (Lipinski definition) is 0. The van der Waals surface area contributed by atoms with Crippen LogP contribution < -0.4 is 4.90 Å². The summed E-state index contributed by atoms with van der Waals surface area (Å²) >= 11 is 0. The maximum Gasteiger partial charge on any atom is 0.0541 e. The predicted octanol–water partition coefficient (Wildman–Crippen LogP) is 12.5. The molecule has 8 rings (SSSR count). The molecular formula is C45H42N2. The first kappa shape index (κ1) is 15.7. The van der Waals surface area contributed by atoms with E-state index in [4.69, 9.17) is 24.7 Å². The standard InChI is InChI=1S/C45H42N2/c1-43(2)39-26-25-31(29-40(39)44(3,4)45(43,5)6)32-27-35(46(33-17-9-7-10-18-33)34-19-11-8-12-20-34)30-36(28-32)47-41-23-15-13-21-37(41)38-22-14-16-24-42(38)47/h7-30H,1-6H3/i1D3,2D3,3D3,4D3,5D3,6D3. The van der Waals surface area contributed by atoms with Crippen LogP contribution in [0.2, 0.25) is 0 Å². The van der Waals surface area contributed by atoms with Crippen molar-refractivity contribution in [2.24, 2.45) is 5.41 Å². The van der Waals surface area contributed by atoms with Gasteiger partial charge >= 0.3 is 0 Å². The Balaban J connectivity index is 1.57. The summed E-state index contributed by atoms with van der Waals surface area (Å²) in [5.74, 6) is 0. The van der Waals surface area contributed by atoms with Gasteiger partial charge < -0.3 is 9.47 Å².